The molecule has 0 amide bonds. The van der Waals surface area contributed by atoms with Crippen molar-refractivity contribution in [2.75, 3.05) is 30.4 Å². The van der Waals surface area contributed by atoms with Crippen molar-refractivity contribution in [2.45, 2.75) is 38.4 Å². The molecule has 1 aromatic carbocycles. The topological polar surface area (TPSA) is 72.2 Å². The first-order valence-electron chi connectivity index (χ1n) is 10.4. The number of pyridine rings is 1. The summed E-state index contributed by atoms with van der Waals surface area (Å²) in [4.78, 5) is 4.56. The first-order chi connectivity index (χ1) is 14.7. The van der Waals surface area contributed by atoms with Gasteiger partial charge in [0.15, 0.2) is 0 Å². The molecule has 0 bridgehead atoms. The van der Waals surface area contributed by atoms with Gasteiger partial charge in [-0.25, -0.2) is 4.98 Å². The van der Waals surface area contributed by atoms with Gasteiger partial charge in [-0.2, -0.15) is 13.2 Å². The van der Waals surface area contributed by atoms with Crippen LogP contribution in [0.3, 0.4) is 0 Å². The lowest BCUT2D eigenvalue weighted by Crippen LogP contribution is -2.28. The molecule has 4 N–H and O–H groups in total. The van der Waals surface area contributed by atoms with Gasteiger partial charge in [0.1, 0.15) is 5.82 Å². The minimum Gasteiger partial charge on any atom is -0.381 e. The molecule has 1 aliphatic heterocycles. The molecule has 2 heterocycles. The van der Waals surface area contributed by atoms with Crippen LogP contribution >= 0.6 is 0 Å². The zero-order chi connectivity index (χ0) is 22.4. The third-order valence-electron chi connectivity index (χ3n) is 5.36. The van der Waals surface area contributed by atoms with Gasteiger partial charge in [0, 0.05) is 31.7 Å². The summed E-state index contributed by atoms with van der Waals surface area (Å²) in [6.45, 7) is 7.46. The molecule has 0 aliphatic carbocycles. The van der Waals surface area contributed by atoms with Crippen LogP contribution in [0.15, 0.2) is 48.8 Å². The van der Waals surface area contributed by atoms with Gasteiger partial charge in [0.25, 0.3) is 0 Å². The molecule has 5 nitrogen and oxygen atoms in total. The van der Waals surface area contributed by atoms with E-state index in [-0.39, 0.29) is 24.1 Å². The number of alkyl halides is 3. The van der Waals surface area contributed by atoms with Crippen LogP contribution in [0.2, 0.25) is 0 Å². The van der Waals surface area contributed by atoms with Gasteiger partial charge in [-0.1, -0.05) is 30.8 Å². The molecule has 8 heteroatoms. The standard InChI is InChI=1S/C23H29F3N4O/c1-15-11-20(29-16(2)13-27)22(28-14-15)30-21(19-7-9-31-10-8-19)18-5-3-17(4-6-18)12-23(24,25)26/h3-6,11,14,19,21,29H,2,7-10,12-13,27H2,1H3,(H,28,30). The SMILES string of the molecule is C=C(CN)Nc1cc(C)cnc1NC(c1ccc(CC(F)(F)F)cc1)C1CCOCC1. The van der Waals surface area contributed by atoms with E-state index in [0.29, 0.717) is 24.7 Å². The molecule has 1 saturated heterocycles. The molecule has 0 radical (unpaired) electrons. The Morgan fingerprint density at radius 3 is 2.55 bits per heavy atom. The summed E-state index contributed by atoms with van der Waals surface area (Å²) >= 11 is 0. The molecule has 1 aromatic heterocycles. The number of nitrogens with two attached hydrogens (primary N) is 1. The van der Waals surface area contributed by atoms with Gasteiger partial charge in [-0.15, -0.1) is 0 Å². The minimum atomic E-state index is -4.22. The smallest absolute Gasteiger partial charge is 0.381 e. The first-order valence-corrected chi connectivity index (χ1v) is 10.4. The Balaban J connectivity index is 1.89. The van der Waals surface area contributed by atoms with E-state index in [2.05, 4.69) is 22.2 Å². The number of anilines is 2. The number of rotatable bonds is 8. The highest BCUT2D eigenvalue weighted by Crippen LogP contribution is 2.35. The molecule has 0 saturated carbocycles. The maximum atomic E-state index is 12.7. The predicted molar refractivity (Wildman–Crippen MR) is 117 cm³/mol. The van der Waals surface area contributed by atoms with Crippen molar-refractivity contribution < 1.29 is 17.9 Å². The second-order valence-corrected chi connectivity index (χ2v) is 7.95. The Labute approximate surface area is 180 Å². The average molecular weight is 435 g/mol. The predicted octanol–water partition coefficient (Wildman–Crippen LogP) is 4.96. The summed E-state index contributed by atoms with van der Waals surface area (Å²) in [6.07, 6.45) is -1.68. The molecule has 168 valence electrons. The Hall–Kier alpha value is -2.58. The van der Waals surface area contributed by atoms with Crippen molar-refractivity contribution in [3.63, 3.8) is 0 Å². The Kier molecular flexibility index (Phi) is 7.56. The fourth-order valence-corrected chi connectivity index (χ4v) is 3.77. The van der Waals surface area contributed by atoms with Crippen molar-refractivity contribution in [1.29, 1.82) is 0 Å². The second-order valence-electron chi connectivity index (χ2n) is 7.95. The summed E-state index contributed by atoms with van der Waals surface area (Å²) in [5.74, 6) is 0.909. The highest BCUT2D eigenvalue weighted by atomic mass is 19.4. The zero-order valence-electron chi connectivity index (χ0n) is 17.6. The molecule has 1 unspecified atom stereocenters. The second kappa shape index (κ2) is 10.2. The van der Waals surface area contributed by atoms with Gasteiger partial charge in [0.05, 0.1) is 18.2 Å². The van der Waals surface area contributed by atoms with E-state index in [1.807, 2.05) is 13.0 Å². The van der Waals surface area contributed by atoms with Crippen molar-refractivity contribution >= 4 is 11.5 Å². The van der Waals surface area contributed by atoms with Gasteiger partial charge in [0.2, 0.25) is 0 Å². The summed E-state index contributed by atoms with van der Waals surface area (Å²) < 4.78 is 43.7. The molecular formula is C23H29F3N4O. The summed E-state index contributed by atoms with van der Waals surface area (Å²) in [6, 6.07) is 8.49. The molecule has 1 fully saturated rings. The number of nitrogens with zero attached hydrogens (tertiary/aromatic N) is 1. The van der Waals surface area contributed by atoms with Crippen molar-refractivity contribution in [3.05, 3.63) is 65.5 Å². The number of hydrogen-bond donors (Lipinski definition) is 3. The first kappa shape index (κ1) is 23.1. The van der Waals surface area contributed by atoms with Crippen LogP contribution in [0, 0.1) is 12.8 Å². The van der Waals surface area contributed by atoms with Crippen LogP contribution in [-0.4, -0.2) is 30.9 Å². The molecular weight excluding hydrogens is 405 g/mol. The third-order valence-corrected chi connectivity index (χ3v) is 5.36. The Bertz CT molecular complexity index is 877. The van der Waals surface area contributed by atoms with Crippen LogP contribution in [-0.2, 0) is 11.2 Å². The summed E-state index contributed by atoms with van der Waals surface area (Å²) in [7, 11) is 0. The molecule has 2 aromatic rings. The van der Waals surface area contributed by atoms with E-state index in [9.17, 15) is 13.2 Å². The fraction of sp³-hybridized carbons (Fsp3) is 0.435. The zero-order valence-corrected chi connectivity index (χ0v) is 17.6. The Morgan fingerprint density at radius 2 is 1.94 bits per heavy atom. The molecule has 1 atom stereocenters. The van der Waals surface area contributed by atoms with E-state index in [4.69, 9.17) is 10.5 Å². The molecule has 0 spiro atoms. The van der Waals surface area contributed by atoms with Gasteiger partial charge < -0.3 is 21.1 Å². The maximum absolute atomic E-state index is 12.7. The number of aryl methyl sites for hydroxylation is 1. The number of halogens is 3. The van der Waals surface area contributed by atoms with Crippen molar-refractivity contribution in [1.82, 2.24) is 4.98 Å². The molecule has 1 aliphatic rings. The highest BCUT2D eigenvalue weighted by molar-refractivity contribution is 5.68. The lowest BCUT2D eigenvalue weighted by Gasteiger charge is -2.32. The van der Waals surface area contributed by atoms with Crippen LogP contribution in [0.5, 0.6) is 0 Å². The van der Waals surface area contributed by atoms with Gasteiger partial charge >= 0.3 is 6.18 Å². The lowest BCUT2D eigenvalue weighted by molar-refractivity contribution is -0.127. The van der Waals surface area contributed by atoms with Crippen LogP contribution in [0.4, 0.5) is 24.7 Å². The monoisotopic (exact) mass is 434 g/mol. The van der Waals surface area contributed by atoms with E-state index < -0.39 is 12.6 Å². The summed E-state index contributed by atoms with van der Waals surface area (Å²) in [5.41, 5.74) is 9.26. The van der Waals surface area contributed by atoms with E-state index in [1.165, 1.54) is 0 Å². The van der Waals surface area contributed by atoms with Crippen LogP contribution < -0.4 is 16.4 Å². The average Bonchev–Trinajstić information content (AvgIpc) is 2.73. The van der Waals surface area contributed by atoms with Crippen molar-refractivity contribution in [2.24, 2.45) is 11.7 Å². The van der Waals surface area contributed by atoms with Crippen LogP contribution in [0.25, 0.3) is 0 Å². The number of ether oxygens (including phenoxy) is 1. The van der Waals surface area contributed by atoms with Gasteiger partial charge in [-0.3, -0.25) is 0 Å². The number of benzene rings is 1. The van der Waals surface area contributed by atoms with Gasteiger partial charge in [-0.05, 0) is 48.4 Å². The fourth-order valence-electron chi connectivity index (χ4n) is 3.77. The molecule has 3 rings (SSSR count). The van der Waals surface area contributed by atoms with Crippen LogP contribution in [0.1, 0.15) is 35.6 Å². The largest absolute Gasteiger partial charge is 0.393 e. The number of aromatic nitrogens is 1. The third kappa shape index (κ3) is 6.70. The number of nitrogens with one attached hydrogen (secondary N) is 2. The Morgan fingerprint density at radius 1 is 1.26 bits per heavy atom. The highest BCUT2D eigenvalue weighted by Gasteiger charge is 2.29. The minimum absolute atomic E-state index is 0.120. The number of hydrogen-bond acceptors (Lipinski definition) is 5. The summed E-state index contributed by atoms with van der Waals surface area (Å²) in [5, 5.41) is 6.73. The molecule has 31 heavy (non-hydrogen) atoms. The van der Waals surface area contributed by atoms with E-state index in [0.717, 1.165) is 29.7 Å². The van der Waals surface area contributed by atoms with E-state index >= 15 is 0 Å². The van der Waals surface area contributed by atoms with Crippen molar-refractivity contribution in [3.8, 4) is 0 Å². The maximum Gasteiger partial charge on any atom is 0.393 e. The lowest BCUT2D eigenvalue weighted by atomic mass is 9.86. The van der Waals surface area contributed by atoms with E-state index in [1.54, 1.807) is 30.5 Å². The quantitative estimate of drug-likeness (QED) is 0.548. The normalized spacial score (nSPS) is 16.0.